The van der Waals surface area contributed by atoms with Crippen LogP contribution in [0, 0.1) is 10.1 Å². The van der Waals surface area contributed by atoms with E-state index in [9.17, 15) is 14.9 Å². The molecule has 0 bridgehead atoms. The van der Waals surface area contributed by atoms with Crippen molar-refractivity contribution in [1.29, 1.82) is 0 Å². The van der Waals surface area contributed by atoms with E-state index in [1.807, 2.05) is 0 Å². The second-order valence-corrected chi connectivity index (χ2v) is 4.97. The van der Waals surface area contributed by atoms with E-state index in [0.29, 0.717) is 10.9 Å². The van der Waals surface area contributed by atoms with Crippen LogP contribution in [0.4, 0.5) is 16.6 Å². The van der Waals surface area contributed by atoms with E-state index in [0.717, 1.165) is 0 Å². The predicted molar refractivity (Wildman–Crippen MR) is 84.0 cm³/mol. The van der Waals surface area contributed by atoms with Crippen molar-refractivity contribution in [1.82, 2.24) is 4.98 Å². The lowest BCUT2D eigenvalue weighted by Crippen LogP contribution is -2.10. The Morgan fingerprint density at radius 2 is 2.39 bits per heavy atom. The third kappa shape index (κ3) is 4.64. The fraction of sp³-hybridized carbons (Fsp3) is 0.0833. The number of hydrogen-bond acceptors (Lipinski definition) is 9. The van der Waals surface area contributed by atoms with Crippen LogP contribution in [0.2, 0.25) is 0 Å². The minimum atomic E-state index is -1.16. The van der Waals surface area contributed by atoms with E-state index >= 15 is 0 Å². The molecule has 11 heteroatoms. The average molecular weight is 337 g/mol. The molecule has 4 N–H and O–H groups in total. The molecule has 0 spiro atoms. The van der Waals surface area contributed by atoms with Gasteiger partial charge in [0, 0.05) is 23.1 Å². The fourth-order valence-electron chi connectivity index (χ4n) is 1.52. The molecule has 0 unspecified atom stereocenters. The molecular formula is C12H11N5O5S. The van der Waals surface area contributed by atoms with E-state index in [4.69, 9.17) is 15.6 Å². The van der Waals surface area contributed by atoms with Gasteiger partial charge in [-0.15, -0.1) is 11.3 Å². The normalized spacial score (nSPS) is 10.6. The molecule has 1 aromatic carbocycles. The summed E-state index contributed by atoms with van der Waals surface area (Å²) in [6.45, 7) is -0.574. The first-order valence-corrected chi connectivity index (χ1v) is 6.97. The highest BCUT2D eigenvalue weighted by Crippen LogP contribution is 2.23. The summed E-state index contributed by atoms with van der Waals surface area (Å²) in [6, 6.07) is 3.74. The van der Waals surface area contributed by atoms with Gasteiger partial charge in [0.05, 0.1) is 11.1 Å². The summed E-state index contributed by atoms with van der Waals surface area (Å²) in [4.78, 5) is 24.7. The zero-order valence-corrected chi connectivity index (χ0v) is 12.3. The molecule has 23 heavy (non-hydrogen) atoms. The van der Waals surface area contributed by atoms with E-state index in [2.05, 4.69) is 15.5 Å². The number of aliphatic carboxylic acids is 1. The SMILES string of the molecule is Nc1csc(NN=Cc2cc([N+](=O)[O-])ccc2OCC(=O)O)n1. The van der Waals surface area contributed by atoms with Gasteiger partial charge >= 0.3 is 5.97 Å². The third-order valence-corrected chi connectivity index (χ3v) is 3.21. The van der Waals surface area contributed by atoms with Crippen LogP contribution in [0.1, 0.15) is 5.56 Å². The van der Waals surface area contributed by atoms with Crippen LogP contribution in [-0.2, 0) is 4.79 Å². The number of nitrogens with one attached hydrogen (secondary N) is 1. The molecule has 120 valence electrons. The first kappa shape index (κ1) is 16.2. The lowest BCUT2D eigenvalue weighted by molar-refractivity contribution is -0.384. The van der Waals surface area contributed by atoms with Gasteiger partial charge in [0.15, 0.2) is 6.61 Å². The van der Waals surface area contributed by atoms with Crippen LogP contribution in [0.25, 0.3) is 0 Å². The van der Waals surface area contributed by atoms with Crippen molar-refractivity contribution in [3.8, 4) is 5.75 Å². The molecule has 10 nitrogen and oxygen atoms in total. The van der Waals surface area contributed by atoms with Crippen LogP contribution in [0.3, 0.4) is 0 Å². The fourth-order valence-corrected chi connectivity index (χ4v) is 2.06. The number of rotatable bonds is 7. The Labute approximate surface area is 133 Å². The molecule has 1 heterocycles. The van der Waals surface area contributed by atoms with Crippen molar-refractivity contribution in [2.75, 3.05) is 17.8 Å². The predicted octanol–water partition coefficient (Wildman–Crippen LogP) is 1.54. The minimum absolute atomic E-state index is 0.155. The Kier molecular flexibility index (Phi) is 5.04. The zero-order chi connectivity index (χ0) is 16.8. The van der Waals surface area contributed by atoms with Gasteiger partial charge in [-0.25, -0.2) is 9.78 Å². The van der Waals surface area contributed by atoms with Gasteiger partial charge < -0.3 is 15.6 Å². The van der Waals surface area contributed by atoms with Gasteiger partial charge in [0.25, 0.3) is 5.69 Å². The second-order valence-electron chi connectivity index (χ2n) is 4.11. The van der Waals surface area contributed by atoms with Gasteiger partial charge in [-0.1, -0.05) is 0 Å². The van der Waals surface area contributed by atoms with Gasteiger partial charge in [-0.3, -0.25) is 15.5 Å². The van der Waals surface area contributed by atoms with Gasteiger partial charge in [-0.2, -0.15) is 5.10 Å². The number of nitrogen functional groups attached to an aromatic ring is 1. The number of thiazole rings is 1. The number of non-ortho nitro benzene ring substituents is 1. The number of carbonyl (C=O) groups is 1. The van der Waals surface area contributed by atoms with Crippen LogP contribution in [-0.4, -0.2) is 33.8 Å². The number of carboxylic acid groups (broad SMARTS) is 1. The summed E-state index contributed by atoms with van der Waals surface area (Å²) >= 11 is 1.23. The molecule has 2 rings (SSSR count). The molecule has 2 aromatic rings. The van der Waals surface area contributed by atoms with E-state index in [1.165, 1.54) is 35.8 Å². The molecule has 0 aliphatic carbocycles. The Bertz CT molecular complexity index is 760. The highest BCUT2D eigenvalue weighted by molar-refractivity contribution is 7.14. The van der Waals surface area contributed by atoms with Gasteiger partial charge in [0.2, 0.25) is 5.13 Å². The number of nitro benzene ring substituents is 1. The number of nitrogens with two attached hydrogens (primary N) is 1. The number of benzene rings is 1. The van der Waals surface area contributed by atoms with Crippen molar-refractivity contribution in [2.24, 2.45) is 5.10 Å². The maximum Gasteiger partial charge on any atom is 0.341 e. The Morgan fingerprint density at radius 3 is 3.00 bits per heavy atom. The molecule has 0 atom stereocenters. The summed E-state index contributed by atoms with van der Waals surface area (Å²) in [5.41, 5.74) is 8.15. The smallest absolute Gasteiger partial charge is 0.341 e. The maximum absolute atomic E-state index is 10.8. The monoisotopic (exact) mass is 337 g/mol. The second kappa shape index (κ2) is 7.17. The minimum Gasteiger partial charge on any atom is -0.481 e. The standard InChI is InChI=1S/C12H11N5O5S/c13-10-6-23-12(15-10)16-14-4-7-3-8(17(20)21)1-2-9(7)22-5-11(18)19/h1-4,6H,5,13H2,(H,15,16)(H,18,19). The molecule has 0 aliphatic rings. The molecule has 0 radical (unpaired) electrons. The van der Waals surface area contributed by atoms with E-state index < -0.39 is 17.5 Å². The number of hydrogen-bond donors (Lipinski definition) is 3. The third-order valence-electron chi connectivity index (χ3n) is 2.44. The Balaban J connectivity index is 2.19. The molecule has 0 aliphatic heterocycles. The van der Waals surface area contributed by atoms with Crippen molar-refractivity contribution in [3.05, 3.63) is 39.3 Å². The first-order chi connectivity index (χ1) is 11.0. The highest BCUT2D eigenvalue weighted by Gasteiger charge is 2.11. The number of nitrogens with zero attached hydrogens (tertiary/aromatic N) is 3. The quantitative estimate of drug-likeness (QED) is 0.390. The summed E-state index contributed by atoms with van der Waals surface area (Å²) < 4.78 is 5.07. The largest absolute Gasteiger partial charge is 0.481 e. The topological polar surface area (TPSA) is 153 Å². The van der Waals surface area contributed by atoms with Gasteiger partial charge in [-0.05, 0) is 6.07 Å². The summed E-state index contributed by atoms with van der Waals surface area (Å²) in [5, 5.41) is 25.4. The van der Waals surface area contributed by atoms with Crippen LogP contribution in [0.15, 0.2) is 28.7 Å². The number of aromatic nitrogens is 1. The molecule has 0 saturated heterocycles. The maximum atomic E-state index is 10.8. The lowest BCUT2D eigenvalue weighted by atomic mass is 10.2. The Morgan fingerprint density at radius 1 is 1.61 bits per heavy atom. The molecule has 1 aromatic heterocycles. The van der Waals surface area contributed by atoms with E-state index in [1.54, 1.807) is 5.38 Å². The van der Waals surface area contributed by atoms with Crippen molar-refractivity contribution in [2.45, 2.75) is 0 Å². The van der Waals surface area contributed by atoms with Crippen LogP contribution in [0.5, 0.6) is 5.75 Å². The highest BCUT2D eigenvalue weighted by atomic mass is 32.1. The Hall–Kier alpha value is -3.21. The van der Waals surface area contributed by atoms with Crippen molar-refractivity contribution >= 4 is 40.2 Å². The number of nitro groups is 1. The first-order valence-electron chi connectivity index (χ1n) is 6.09. The number of ether oxygens (including phenoxy) is 1. The van der Waals surface area contributed by atoms with Crippen molar-refractivity contribution in [3.63, 3.8) is 0 Å². The van der Waals surface area contributed by atoms with Crippen LogP contribution >= 0.6 is 11.3 Å². The van der Waals surface area contributed by atoms with E-state index in [-0.39, 0.29) is 17.0 Å². The molecule has 0 amide bonds. The van der Waals surface area contributed by atoms with Crippen LogP contribution < -0.4 is 15.9 Å². The van der Waals surface area contributed by atoms with Gasteiger partial charge in [0.1, 0.15) is 11.6 Å². The average Bonchev–Trinajstić information content (AvgIpc) is 2.91. The lowest BCUT2D eigenvalue weighted by Gasteiger charge is -2.06. The molecular weight excluding hydrogens is 326 g/mol. The number of carboxylic acids is 1. The van der Waals surface area contributed by atoms with Crippen molar-refractivity contribution < 1.29 is 19.6 Å². The molecule has 0 fully saturated rings. The number of anilines is 2. The number of hydrazone groups is 1. The summed E-state index contributed by atoms with van der Waals surface area (Å²) in [7, 11) is 0. The zero-order valence-electron chi connectivity index (χ0n) is 11.5. The summed E-state index contributed by atoms with van der Waals surface area (Å²) in [6.07, 6.45) is 1.27. The summed E-state index contributed by atoms with van der Waals surface area (Å²) in [5.74, 6) is -0.668. The molecule has 0 saturated carbocycles.